The molecule has 0 atom stereocenters. The molecule has 3 rings (SSSR count). The normalized spacial score (nSPS) is 11.0. The van der Waals surface area contributed by atoms with Crippen LogP contribution >= 0.6 is 0 Å². The summed E-state index contributed by atoms with van der Waals surface area (Å²) in [6, 6.07) is 12.0. The molecule has 1 amide bonds. The predicted octanol–water partition coefficient (Wildman–Crippen LogP) is 1.93. The lowest BCUT2D eigenvalue weighted by Gasteiger charge is -2.21. The molecule has 33 heavy (non-hydrogen) atoms. The molecule has 0 aliphatic heterocycles. The number of hydrogen-bond acceptors (Lipinski definition) is 6. The number of phenols is 1. The second kappa shape index (κ2) is 8.66. The third kappa shape index (κ3) is 4.23. The zero-order valence-corrected chi connectivity index (χ0v) is 17.9. The number of nitrogen functional groups attached to an aromatic ring is 1. The Balaban J connectivity index is 2.64. The third-order valence-electron chi connectivity index (χ3n) is 5.01. The molecule has 3 aromatic carbocycles. The van der Waals surface area contributed by atoms with Gasteiger partial charge >= 0.3 is 5.97 Å². The number of carboxylic acids is 1. The quantitative estimate of drug-likeness (QED) is 0.272. The number of terminal acetylenes is 1. The van der Waals surface area contributed by atoms with Gasteiger partial charge in [-0.15, -0.1) is 12.3 Å². The Morgan fingerprint density at radius 1 is 1.06 bits per heavy atom. The monoisotopic (exact) mass is 465 g/mol. The smallest absolute Gasteiger partial charge is 0.336 e. The lowest BCUT2D eigenvalue weighted by molar-refractivity contribution is 0.0695. The number of rotatable bonds is 6. The van der Waals surface area contributed by atoms with E-state index in [1.54, 1.807) is 30.3 Å². The molecule has 0 bridgehead atoms. The number of nitrogens with two attached hydrogens (primary N) is 3. The Bertz CT molecular complexity index is 1440. The van der Waals surface area contributed by atoms with Crippen LogP contribution in [-0.2, 0) is 16.4 Å². The summed E-state index contributed by atoms with van der Waals surface area (Å²) in [4.78, 5) is 23.4. The number of anilines is 1. The molecule has 168 valence electrons. The molecule has 9 nitrogen and oxygen atoms in total. The fourth-order valence-corrected chi connectivity index (χ4v) is 4.65. The third-order valence-corrected chi connectivity index (χ3v) is 6.00. The number of phenolic OH excluding ortho intramolecular Hbond substituents is 1. The van der Waals surface area contributed by atoms with Crippen LogP contribution in [0.4, 0.5) is 5.69 Å². The van der Waals surface area contributed by atoms with E-state index in [4.69, 9.17) is 23.0 Å². The second-order valence-corrected chi connectivity index (χ2v) is 8.53. The zero-order chi connectivity index (χ0) is 24.5. The van der Waals surface area contributed by atoms with E-state index in [1.807, 2.05) is 0 Å². The molecule has 0 heterocycles. The summed E-state index contributed by atoms with van der Waals surface area (Å²) >= 11 is 0. The Hall–Kier alpha value is -4.33. The van der Waals surface area contributed by atoms with Gasteiger partial charge in [0.25, 0.3) is 5.91 Å². The summed E-state index contributed by atoms with van der Waals surface area (Å²) in [6.45, 7) is 0. The van der Waals surface area contributed by atoms with Gasteiger partial charge in [-0.1, -0.05) is 30.3 Å². The maximum Gasteiger partial charge on any atom is 0.336 e. The number of carbonyl (C=O) groups excluding carboxylic acids is 1. The van der Waals surface area contributed by atoms with E-state index >= 15 is 0 Å². The van der Waals surface area contributed by atoms with Crippen molar-refractivity contribution in [3.63, 3.8) is 0 Å². The first-order valence-electron chi connectivity index (χ1n) is 9.35. The first-order valence-corrected chi connectivity index (χ1v) is 10.9. The van der Waals surface area contributed by atoms with Gasteiger partial charge in [-0.25, -0.2) is 18.4 Å². The summed E-state index contributed by atoms with van der Waals surface area (Å²) in [5, 5.41) is 25.7. The predicted molar refractivity (Wildman–Crippen MR) is 123 cm³/mol. The molecule has 0 aromatic heterocycles. The number of aromatic carboxylic acids is 1. The van der Waals surface area contributed by atoms with Crippen LogP contribution in [0.1, 0.15) is 26.3 Å². The number of hydrogen-bond donors (Lipinski definition) is 5. The summed E-state index contributed by atoms with van der Waals surface area (Å²) in [5.41, 5.74) is 10.8. The zero-order valence-electron chi connectivity index (χ0n) is 17.1. The van der Waals surface area contributed by atoms with Crippen molar-refractivity contribution >= 4 is 27.6 Å². The molecule has 0 radical (unpaired) electrons. The first-order chi connectivity index (χ1) is 15.5. The van der Waals surface area contributed by atoms with Gasteiger partial charge in [-0.3, -0.25) is 4.79 Å². The average molecular weight is 465 g/mol. The molecule has 0 saturated carbocycles. The molecule has 8 N–H and O–H groups in total. The SMILES string of the molecule is C#CCc1c(C(=O)O)ccc(O)c1-c1cc(-c2ccccc2)c(N)c(C(N)=O)c1S(N)(=O)=O. The molecule has 0 unspecified atom stereocenters. The number of primary amides is 1. The van der Waals surface area contributed by atoms with Crippen molar-refractivity contribution in [2.75, 3.05) is 5.73 Å². The summed E-state index contributed by atoms with van der Waals surface area (Å²) in [6.07, 6.45) is 5.14. The molecule has 0 spiro atoms. The lowest BCUT2D eigenvalue weighted by Crippen LogP contribution is -2.24. The second-order valence-electron chi connectivity index (χ2n) is 7.04. The largest absolute Gasteiger partial charge is 0.507 e. The number of amides is 1. The Morgan fingerprint density at radius 2 is 1.70 bits per heavy atom. The van der Waals surface area contributed by atoms with Crippen molar-refractivity contribution in [2.45, 2.75) is 11.3 Å². The number of aromatic hydroxyl groups is 1. The van der Waals surface area contributed by atoms with Crippen LogP contribution in [0.2, 0.25) is 0 Å². The minimum Gasteiger partial charge on any atom is -0.507 e. The Kier molecular flexibility index (Phi) is 6.12. The van der Waals surface area contributed by atoms with Crippen molar-refractivity contribution in [2.24, 2.45) is 10.9 Å². The highest BCUT2D eigenvalue weighted by Gasteiger charge is 2.31. The van der Waals surface area contributed by atoms with Gasteiger partial charge in [-0.05, 0) is 29.3 Å². The van der Waals surface area contributed by atoms with Crippen LogP contribution in [0.25, 0.3) is 22.3 Å². The highest BCUT2D eigenvalue weighted by molar-refractivity contribution is 7.89. The van der Waals surface area contributed by atoms with Crippen molar-refractivity contribution < 1.29 is 28.2 Å². The van der Waals surface area contributed by atoms with E-state index in [-0.39, 0.29) is 39.9 Å². The Labute approximate surface area is 189 Å². The number of benzene rings is 3. The van der Waals surface area contributed by atoms with E-state index in [0.29, 0.717) is 5.56 Å². The van der Waals surface area contributed by atoms with Gasteiger partial charge < -0.3 is 21.7 Å². The minimum absolute atomic E-state index is 0.0471. The highest BCUT2D eigenvalue weighted by Crippen LogP contribution is 2.44. The van der Waals surface area contributed by atoms with Gasteiger partial charge in [0.05, 0.1) is 16.8 Å². The van der Waals surface area contributed by atoms with Gasteiger partial charge in [-0.2, -0.15) is 0 Å². The number of primary sulfonamides is 1. The summed E-state index contributed by atoms with van der Waals surface area (Å²) in [5.74, 6) is -0.711. The fourth-order valence-electron chi connectivity index (χ4n) is 3.68. The van der Waals surface area contributed by atoms with Gasteiger partial charge in [0, 0.05) is 23.1 Å². The molecule has 0 saturated heterocycles. The molecule has 0 aliphatic rings. The van der Waals surface area contributed by atoms with Crippen LogP contribution in [0, 0.1) is 12.3 Å². The van der Waals surface area contributed by atoms with Crippen LogP contribution < -0.4 is 16.6 Å². The van der Waals surface area contributed by atoms with E-state index in [1.165, 1.54) is 6.07 Å². The first kappa shape index (κ1) is 23.3. The van der Waals surface area contributed by atoms with Crippen molar-refractivity contribution in [1.29, 1.82) is 0 Å². The lowest BCUT2D eigenvalue weighted by atomic mass is 9.88. The van der Waals surface area contributed by atoms with Crippen LogP contribution in [0.3, 0.4) is 0 Å². The molecule has 10 heteroatoms. The number of carbonyl (C=O) groups is 2. The van der Waals surface area contributed by atoms with Crippen molar-refractivity contribution in [1.82, 2.24) is 0 Å². The van der Waals surface area contributed by atoms with Crippen LogP contribution in [-0.4, -0.2) is 30.5 Å². The van der Waals surface area contributed by atoms with E-state index < -0.39 is 38.1 Å². The van der Waals surface area contributed by atoms with E-state index in [0.717, 1.165) is 12.1 Å². The van der Waals surface area contributed by atoms with Gasteiger partial charge in [0.15, 0.2) is 0 Å². The molecular formula is C23H19N3O6S. The van der Waals surface area contributed by atoms with Crippen LogP contribution in [0.15, 0.2) is 53.4 Å². The topological polar surface area (TPSA) is 187 Å². The summed E-state index contributed by atoms with van der Waals surface area (Å²) in [7, 11) is -4.65. The van der Waals surface area contributed by atoms with Crippen molar-refractivity contribution in [3.05, 3.63) is 65.2 Å². The average Bonchev–Trinajstić information content (AvgIpc) is 2.73. The summed E-state index contributed by atoms with van der Waals surface area (Å²) < 4.78 is 25.3. The van der Waals surface area contributed by atoms with Crippen molar-refractivity contribution in [3.8, 4) is 40.3 Å². The fraction of sp³-hybridized carbons (Fsp3) is 0.0435. The standard InChI is InChI=1S/C23H19N3O6S/c1-2-6-13-14(23(29)30)9-10-17(27)18(13)16-11-15(12-7-4-3-5-8-12)20(24)19(22(25)28)21(16)33(26,31)32/h1,3-5,7-11,27H,6,24H2,(H2,25,28)(H,29,30)(H2,26,31,32). The number of sulfonamides is 1. The van der Waals surface area contributed by atoms with Gasteiger partial charge in [0.2, 0.25) is 10.0 Å². The molecule has 3 aromatic rings. The molecule has 0 aliphatic carbocycles. The maximum absolute atomic E-state index is 12.6. The number of carboxylic acid groups (broad SMARTS) is 1. The molecule has 0 fully saturated rings. The minimum atomic E-state index is -4.65. The van der Waals surface area contributed by atoms with Gasteiger partial charge in [0.1, 0.15) is 10.6 Å². The highest BCUT2D eigenvalue weighted by atomic mass is 32.2. The Morgan fingerprint density at radius 3 is 2.21 bits per heavy atom. The van der Waals surface area contributed by atoms with E-state index in [2.05, 4.69) is 5.92 Å². The molecular weight excluding hydrogens is 446 g/mol. The van der Waals surface area contributed by atoms with Crippen LogP contribution in [0.5, 0.6) is 5.75 Å². The maximum atomic E-state index is 12.6. The van der Waals surface area contributed by atoms with E-state index in [9.17, 15) is 28.2 Å².